The van der Waals surface area contributed by atoms with E-state index in [1.165, 1.54) is 0 Å². The van der Waals surface area contributed by atoms with E-state index in [9.17, 15) is 9.59 Å². The second kappa shape index (κ2) is 6.77. The lowest BCUT2D eigenvalue weighted by Gasteiger charge is -2.34. The van der Waals surface area contributed by atoms with Gasteiger partial charge in [0.1, 0.15) is 5.60 Å². The van der Waals surface area contributed by atoms with E-state index < -0.39 is 5.60 Å². The van der Waals surface area contributed by atoms with Crippen LogP contribution in [-0.4, -0.2) is 46.6 Å². The van der Waals surface area contributed by atoms with Crippen LogP contribution in [0.4, 0.5) is 4.79 Å². The van der Waals surface area contributed by atoms with E-state index in [0.717, 1.165) is 12.8 Å². The van der Waals surface area contributed by atoms with Gasteiger partial charge >= 0.3 is 6.09 Å². The lowest BCUT2D eigenvalue weighted by molar-refractivity contribution is 0.0185. The summed E-state index contributed by atoms with van der Waals surface area (Å²) in [7, 11) is 0. The van der Waals surface area contributed by atoms with E-state index in [2.05, 4.69) is 10.3 Å². The first-order chi connectivity index (χ1) is 10.3. The number of carbonyl (C=O) groups excluding carboxylic acids is 2. The second-order valence-corrected chi connectivity index (χ2v) is 6.47. The monoisotopic (exact) mass is 305 g/mol. The van der Waals surface area contributed by atoms with Gasteiger partial charge in [-0.05, 0) is 45.7 Å². The Morgan fingerprint density at radius 2 is 2.00 bits per heavy atom. The third-order valence-corrected chi connectivity index (χ3v) is 3.35. The average molecular weight is 305 g/mol. The summed E-state index contributed by atoms with van der Waals surface area (Å²) >= 11 is 0. The molecule has 2 rings (SSSR count). The molecule has 1 aliphatic heterocycles. The van der Waals surface area contributed by atoms with Crippen molar-refractivity contribution in [1.29, 1.82) is 0 Å². The number of piperidine rings is 1. The minimum Gasteiger partial charge on any atom is -0.444 e. The number of rotatable bonds is 2. The molecule has 2 heterocycles. The summed E-state index contributed by atoms with van der Waals surface area (Å²) in [6.45, 7) is 6.68. The standard InChI is InChI=1S/C16H23N3O3/c1-16(2,3)22-15(21)19-10-4-5-13(11-19)18-14(20)12-6-8-17-9-7-12/h6-9,13H,4-5,10-11H2,1-3H3,(H,18,20)/t13-/m1/s1. The number of aromatic nitrogens is 1. The molecule has 120 valence electrons. The highest BCUT2D eigenvalue weighted by Crippen LogP contribution is 2.15. The van der Waals surface area contributed by atoms with Gasteiger partial charge in [-0.15, -0.1) is 0 Å². The van der Waals surface area contributed by atoms with Gasteiger partial charge in [-0.25, -0.2) is 4.79 Å². The van der Waals surface area contributed by atoms with Crippen LogP contribution in [0.25, 0.3) is 0 Å². The second-order valence-electron chi connectivity index (χ2n) is 6.47. The fourth-order valence-corrected chi connectivity index (χ4v) is 2.36. The molecular weight excluding hydrogens is 282 g/mol. The summed E-state index contributed by atoms with van der Waals surface area (Å²) in [6, 6.07) is 3.29. The lowest BCUT2D eigenvalue weighted by Crippen LogP contribution is -2.50. The highest BCUT2D eigenvalue weighted by Gasteiger charge is 2.28. The predicted molar refractivity (Wildman–Crippen MR) is 82.5 cm³/mol. The summed E-state index contributed by atoms with van der Waals surface area (Å²) in [5, 5.41) is 2.97. The third kappa shape index (κ3) is 4.72. The van der Waals surface area contributed by atoms with Crippen LogP contribution in [0, 0.1) is 0 Å². The van der Waals surface area contributed by atoms with Crippen molar-refractivity contribution in [3.05, 3.63) is 30.1 Å². The van der Waals surface area contributed by atoms with Crippen LogP contribution in [0.2, 0.25) is 0 Å². The molecule has 1 saturated heterocycles. The van der Waals surface area contributed by atoms with Gasteiger partial charge in [0.15, 0.2) is 0 Å². The smallest absolute Gasteiger partial charge is 0.410 e. The molecule has 6 heteroatoms. The van der Waals surface area contributed by atoms with Crippen LogP contribution in [0.3, 0.4) is 0 Å². The zero-order chi connectivity index (χ0) is 16.2. The normalized spacial score (nSPS) is 18.7. The van der Waals surface area contributed by atoms with Crippen molar-refractivity contribution in [1.82, 2.24) is 15.2 Å². The number of nitrogens with zero attached hydrogens (tertiary/aromatic N) is 2. The van der Waals surface area contributed by atoms with Crippen molar-refractivity contribution in [2.45, 2.75) is 45.3 Å². The van der Waals surface area contributed by atoms with Gasteiger partial charge in [-0.1, -0.05) is 0 Å². The minimum absolute atomic E-state index is 0.0538. The van der Waals surface area contributed by atoms with Crippen molar-refractivity contribution in [3.8, 4) is 0 Å². The maximum absolute atomic E-state index is 12.1. The van der Waals surface area contributed by atoms with E-state index >= 15 is 0 Å². The summed E-state index contributed by atoms with van der Waals surface area (Å²) in [4.78, 5) is 29.8. The van der Waals surface area contributed by atoms with E-state index in [-0.39, 0.29) is 18.0 Å². The van der Waals surface area contributed by atoms with Gasteiger partial charge in [0, 0.05) is 37.1 Å². The Morgan fingerprint density at radius 1 is 1.32 bits per heavy atom. The summed E-state index contributed by atoms with van der Waals surface area (Å²) in [6.07, 6.45) is 4.55. The van der Waals surface area contributed by atoms with Crippen LogP contribution < -0.4 is 5.32 Å². The largest absolute Gasteiger partial charge is 0.444 e. The average Bonchev–Trinajstić information content (AvgIpc) is 2.46. The number of hydrogen-bond donors (Lipinski definition) is 1. The molecule has 0 saturated carbocycles. The van der Waals surface area contributed by atoms with Crippen LogP contribution in [0.5, 0.6) is 0 Å². The fourth-order valence-electron chi connectivity index (χ4n) is 2.36. The van der Waals surface area contributed by atoms with Crippen molar-refractivity contribution < 1.29 is 14.3 Å². The third-order valence-electron chi connectivity index (χ3n) is 3.35. The molecule has 1 N–H and O–H groups in total. The highest BCUT2D eigenvalue weighted by molar-refractivity contribution is 5.94. The molecule has 0 aliphatic carbocycles. The number of carbonyl (C=O) groups is 2. The molecule has 1 fully saturated rings. The first-order valence-corrected chi connectivity index (χ1v) is 7.54. The Bertz CT molecular complexity index is 525. The Labute approximate surface area is 130 Å². The Hall–Kier alpha value is -2.11. The van der Waals surface area contributed by atoms with E-state index in [4.69, 9.17) is 4.74 Å². The highest BCUT2D eigenvalue weighted by atomic mass is 16.6. The van der Waals surface area contributed by atoms with Crippen LogP contribution in [-0.2, 0) is 4.74 Å². The maximum atomic E-state index is 12.1. The molecule has 2 amide bonds. The molecule has 0 spiro atoms. The van der Waals surface area contributed by atoms with Crippen molar-refractivity contribution in [2.75, 3.05) is 13.1 Å². The van der Waals surface area contributed by atoms with Gasteiger partial charge in [0.25, 0.3) is 5.91 Å². The lowest BCUT2D eigenvalue weighted by atomic mass is 10.1. The molecule has 0 radical (unpaired) electrons. The molecule has 0 aromatic carbocycles. The van der Waals surface area contributed by atoms with Gasteiger partial charge in [-0.2, -0.15) is 0 Å². The van der Waals surface area contributed by atoms with Gasteiger partial charge in [0.05, 0.1) is 0 Å². The maximum Gasteiger partial charge on any atom is 0.410 e. The number of amides is 2. The quantitative estimate of drug-likeness (QED) is 0.909. The van der Waals surface area contributed by atoms with Gasteiger partial charge in [-0.3, -0.25) is 9.78 Å². The van der Waals surface area contributed by atoms with Gasteiger partial charge < -0.3 is 15.0 Å². The fraction of sp³-hybridized carbons (Fsp3) is 0.562. The zero-order valence-electron chi connectivity index (χ0n) is 13.3. The molecule has 1 aromatic rings. The Morgan fingerprint density at radius 3 is 2.64 bits per heavy atom. The Kier molecular flexibility index (Phi) is 5.00. The van der Waals surface area contributed by atoms with Gasteiger partial charge in [0.2, 0.25) is 0 Å². The van der Waals surface area contributed by atoms with Crippen LogP contribution in [0.1, 0.15) is 44.0 Å². The summed E-state index contributed by atoms with van der Waals surface area (Å²) in [5.41, 5.74) is 0.0639. The topological polar surface area (TPSA) is 71.5 Å². The number of ether oxygens (including phenoxy) is 1. The first-order valence-electron chi connectivity index (χ1n) is 7.54. The number of nitrogens with one attached hydrogen (secondary N) is 1. The molecule has 1 aromatic heterocycles. The van der Waals surface area contributed by atoms with Crippen molar-refractivity contribution in [2.24, 2.45) is 0 Å². The van der Waals surface area contributed by atoms with E-state index in [0.29, 0.717) is 18.7 Å². The molecule has 0 unspecified atom stereocenters. The molecule has 1 atom stereocenters. The molecule has 1 aliphatic rings. The number of pyridine rings is 1. The SMILES string of the molecule is CC(C)(C)OC(=O)N1CCC[C@@H](NC(=O)c2ccncc2)C1. The molecular formula is C16H23N3O3. The van der Waals surface area contributed by atoms with E-state index in [1.807, 2.05) is 20.8 Å². The van der Waals surface area contributed by atoms with E-state index in [1.54, 1.807) is 29.4 Å². The zero-order valence-corrected chi connectivity index (χ0v) is 13.3. The summed E-state index contributed by atoms with van der Waals surface area (Å²) < 4.78 is 5.38. The Balaban J connectivity index is 1.91. The molecule has 0 bridgehead atoms. The van der Waals surface area contributed by atoms with Crippen LogP contribution >= 0.6 is 0 Å². The molecule has 6 nitrogen and oxygen atoms in total. The number of likely N-dealkylation sites (tertiary alicyclic amines) is 1. The van der Waals surface area contributed by atoms with Crippen LogP contribution in [0.15, 0.2) is 24.5 Å². The predicted octanol–water partition coefficient (Wildman–Crippen LogP) is 2.21. The minimum atomic E-state index is -0.510. The first kappa shape index (κ1) is 16.3. The van der Waals surface area contributed by atoms with Crippen molar-refractivity contribution >= 4 is 12.0 Å². The number of hydrogen-bond acceptors (Lipinski definition) is 4. The molecule has 22 heavy (non-hydrogen) atoms. The summed E-state index contributed by atoms with van der Waals surface area (Å²) in [5.74, 6) is -0.140. The van der Waals surface area contributed by atoms with Crippen molar-refractivity contribution in [3.63, 3.8) is 0 Å².